The molecule has 0 bridgehead atoms. The van der Waals surface area contributed by atoms with Gasteiger partial charge in [-0.2, -0.15) is 16.7 Å². The molecule has 0 aliphatic carbocycles. The van der Waals surface area contributed by atoms with Crippen molar-refractivity contribution in [2.75, 3.05) is 37.3 Å². The Balaban J connectivity index is 1.64. The van der Waals surface area contributed by atoms with Crippen LogP contribution >= 0.6 is 11.8 Å². The van der Waals surface area contributed by atoms with Crippen LogP contribution in [0.15, 0.2) is 0 Å². The molecule has 0 aromatic carbocycles. The summed E-state index contributed by atoms with van der Waals surface area (Å²) in [5.74, 6) is 3.97. The minimum atomic E-state index is 0.541. The number of aromatic amines is 1. The number of rotatable bonds is 4. The third-order valence-electron chi connectivity index (χ3n) is 4.02. The quantitative estimate of drug-likeness (QED) is 0.881. The van der Waals surface area contributed by atoms with E-state index in [1.165, 1.54) is 31.4 Å². The van der Waals surface area contributed by atoms with E-state index in [1.54, 1.807) is 0 Å². The van der Waals surface area contributed by atoms with Crippen molar-refractivity contribution in [3.8, 4) is 0 Å². The molecule has 2 aliphatic heterocycles. The normalized spacial score (nSPS) is 27.9. The fraction of sp³-hybridized carbons (Fsp3) is 0.846. The molecule has 2 aliphatic rings. The van der Waals surface area contributed by atoms with Gasteiger partial charge in [0.05, 0.1) is 5.25 Å². The van der Waals surface area contributed by atoms with Crippen molar-refractivity contribution in [2.45, 2.75) is 30.9 Å². The highest BCUT2D eigenvalue weighted by atomic mass is 32.2. The van der Waals surface area contributed by atoms with E-state index in [1.807, 2.05) is 18.8 Å². The second kappa shape index (κ2) is 6.13. The Bertz CT molecular complexity index is 399. The summed E-state index contributed by atoms with van der Waals surface area (Å²) in [5, 5.41) is 11.4. The molecule has 1 aromatic heterocycles. The monoisotopic (exact) mass is 281 g/mol. The van der Waals surface area contributed by atoms with Crippen LogP contribution in [0.5, 0.6) is 0 Å². The summed E-state index contributed by atoms with van der Waals surface area (Å²) in [6, 6.07) is 0. The maximum atomic E-state index is 4.73. The van der Waals surface area contributed by atoms with Gasteiger partial charge < -0.3 is 10.2 Å². The number of H-pyrrole nitrogens is 1. The van der Waals surface area contributed by atoms with Crippen molar-refractivity contribution in [3.63, 3.8) is 0 Å². The van der Waals surface area contributed by atoms with Crippen molar-refractivity contribution in [2.24, 2.45) is 5.92 Å². The highest BCUT2D eigenvalue weighted by Crippen LogP contribution is 2.38. The van der Waals surface area contributed by atoms with Crippen LogP contribution in [-0.2, 0) is 0 Å². The van der Waals surface area contributed by atoms with Gasteiger partial charge in [0.1, 0.15) is 5.82 Å². The van der Waals surface area contributed by atoms with Crippen molar-refractivity contribution in [1.82, 2.24) is 20.5 Å². The zero-order chi connectivity index (χ0) is 13.1. The lowest BCUT2D eigenvalue weighted by atomic mass is 9.98. The van der Waals surface area contributed by atoms with E-state index in [0.29, 0.717) is 5.25 Å². The lowest BCUT2D eigenvalue weighted by Gasteiger charge is -2.31. The van der Waals surface area contributed by atoms with E-state index in [4.69, 9.17) is 4.98 Å². The predicted octanol–water partition coefficient (Wildman–Crippen LogP) is 1.81. The second-order valence-electron chi connectivity index (χ2n) is 5.53. The van der Waals surface area contributed by atoms with Crippen LogP contribution in [0.25, 0.3) is 0 Å². The van der Waals surface area contributed by atoms with Gasteiger partial charge in [-0.1, -0.05) is 0 Å². The molecule has 3 heterocycles. The third kappa shape index (κ3) is 3.05. The number of thioether (sulfide) groups is 1. The smallest absolute Gasteiger partial charge is 0.244 e. The third-order valence-corrected chi connectivity index (χ3v) is 5.41. The molecular formula is C13H23N5S. The van der Waals surface area contributed by atoms with Crippen LogP contribution in [-0.4, -0.2) is 47.6 Å². The van der Waals surface area contributed by atoms with Gasteiger partial charge in [-0.3, -0.25) is 5.10 Å². The van der Waals surface area contributed by atoms with E-state index >= 15 is 0 Å². The fourth-order valence-corrected chi connectivity index (χ4v) is 4.26. The number of hydrogen-bond donors (Lipinski definition) is 2. The molecule has 3 rings (SSSR count). The Morgan fingerprint density at radius 2 is 2.37 bits per heavy atom. The molecule has 2 fully saturated rings. The van der Waals surface area contributed by atoms with Gasteiger partial charge in [0.15, 0.2) is 0 Å². The van der Waals surface area contributed by atoms with Crippen molar-refractivity contribution in [3.05, 3.63) is 5.82 Å². The standard InChI is InChI=1S/C13H23N5S/c1-14-8-10-4-2-6-18(9-10)13-15-12(16-17-13)11-5-3-7-19-11/h10-11,14H,2-9H2,1H3,(H,15,16,17). The van der Waals surface area contributed by atoms with Gasteiger partial charge in [-0.05, 0) is 50.9 Å². The number of piperidine rings is 1. The number of nitrogens with zero attached hydrogens (tertiary/aromatic N) is 3. The zero-order valence-corrected chi connectivity index (χ0v) is 12.4. The van der Waals surface area contributed by atoms with Gasteiger partial charge in [-0.25, -0.2) is 0 Å². The number of nitrogens with one attached hydrogen (secondary N) is 2. The number of aromatic nitrogens is 3. The zero-order valence-electron chi connectivity index (χ0n) is 11.6. The van der Waals surface area contributed by atoms with Gasteiger partial charge in [0.2, 0.25) is 5.95 Å². The second-order valence-corrected chi connectivity index (χ2v) is 6.84. The lowest BCUT2D eigenvalue weighted by Crippen LogP contribution is -2.39. The van der Waals surface area contributed by atoms with Crippen LogP contribution in [0.3, 0.4) is 0 Å². The molecule has 2 unspecified atom stereocenters. The Hall–Kier alpha value is -0.750. The van der Waals surface area contributed by atoms with Crippen LogP contribution in [0.1, 0.15) is 36.8 Å². The highest BCUT2D eigenvalue weighted by molar-refractivity contribution is 7.99. The average Bonchev–Trinajstić information content (AvgIpc) is 3.11. The van der Waals surface area contributed by atoms with E-state index in [9.17, 15) is 0 Å². The van der Waals surface area contributed by atoms with Crippen molar-refractivity contribution < 1.29 is 0 Å². The van der Waals surface area contributed by atoms with Crippen LogP contribution in [0.2, 0.25) is 0 Å². The molecule has 0 amide bonds. The first-order valence-corrected chi connectivity index (χ1v) is 8.35. The maximum Gasteiger partial charge on any atom is 0.244 e. The van der Waals surface area contributed by atoms with Gasteiger partial charge in [0, 0.05) is 13.1 Å². The van der Waals surface area contributed by atoms with E-state index in [-0.39, 0.29) is 0 Å². The molecule has 2 saturated heterocycles. The molecule has 19 heavy (non-hydrogen) atoms. The first-order valence-electron chi connectivity index (χ1n) is 7.30. The molecule has 2 N–H and O–H groups in total. The molecule has 0 radical (unpaired) electrons. The molecule has 2 atom stereocenters. The summed E-state index contributed by atoms with van der Waals surface area (Å²) in [7, 11) is 2.03. The first kappa shape index (κ1) is 13.2. The highest BCUT2D eigenvalue weighted by Gasteiger charge is 2.25. The molecular weight excluding hydrogens is 258 g/mol. The topological polar surface area (TPSA) is 56.8 Å². The molecule has 0 saturated carbocycles. The molecule has 106 valence electrons. The minimum absolute atomic E-state index is 0.541. The number of anilines is 1. The molecule has 0 spiro atoms. The fourth-order valence-electron chi connectivity index (χ4n) is 3.05. The Labute approximate surface area is 118 Å². The predicted molar refractivity (Wildman–Crippen MR) is 79.7 cm³/mol. The Morgan fingerprint density at radius 3 is 3.16 bits per heavy atom. The maximum absolute atomic E-state index is 4.73. The van der Waals surface area contributed by atoms with Gasteiger partial charge in [0.25, 0.3) is 0 Å². The summed E-state index contributed by atoms with van der Waals surface area (Å²) in [6.45, 7) is 3.26. The summed E-state index contributed by atoms with van der Waals surface area (Å²) in [6.07, 6.45) is 5.10. The van der Waals surface area contributed by atoms with Crippen molar-refractivity contribution in [1.29, 1.82) is 0 Å². The summed E-state index contributed by atoms with van der Waals surface area (Å²) < 4.78 is 0. The van der Waals surface area contributed by atoms with E-state index in [2.05, 4.69) is 20.4 Å². The van der Waals surface area contributed by atoms with Crippen molar-refractivity contribution >= 4 is 17.7 Å². The largest absolute Gasteiger partial charge is 0.339 e. The summed E-state index contributed by atoms with van der Waals surface area (Å²) >= 11 is 2.00. The lowest BCUT2D eigenvalue weighted by molar-refractivity contribution is 0.399. The Morgan fingerprint density at radius 1 is 1.42 bits per heavy atom. The first-order chi connectivity index (χ1) is 9.36. The average molecular weight is 281 g/mol. The van der Waals surface area contributed by atoms with E-state index < -0.39 is 0 Å². The van der Waals surface area contributed by atoms with Gasteiger partial charge >= 0.3 is 0 Å². The van der Waals surface area contributed by atoms with E-state index in [0.717, 1.165) is 37.3 Å². The van der Waals surface area contributed by atoms with Crippen LogP contribution in [0, 0.1) is 5.92 Å². The summed E-state index contributed by atoms with van der Waals surface area (Å²) in [5.41, 5.74) is 0. The molecule has 1 aromatic rings. The minimum Gasteiger partial charge on any atom is -0.339 e. The Kier molecular flexibility index (Phi) is 4.28. The summed E-state index contributed by atoms with van der Waals surface area (Å²) in [4.78, 5) is 7.07. The molecule has 6 heteroatoms. The van der Waals surface area contributed by atoms with Crippen LogP contribution in [0.4, 0.5) is 5.95 Å². The SMILES string of the molecule is CNCC1CCCN(c2n[nH]c(C3CCCS3)n2)C1. The van der Waals surface area contributed by atoms with Gasteiger partial charge in [-0.15, -0.1) is 5.10 Å². The van der Waals surface area contributed by atoms with Crippen LogP contribution < -0.4 is 10.2 Å². The molecule has 5 nitrogen and oxygen atoms in total. The number of hydrogen-bond acceptors (Lipinski definition) is 5.